The van der Waals surface area contributed by atoms with Crippen molar-refractivity contribution in [3.05, 3.63) is 64.7 Å². The first kappa shape index (κ1) is 20.8. The maximum absolute atomic E-state index is 12.9. The minimum atomic E-state index is -5.01. The Kier molecular flexibility index (Phi) is 5.87. The van der Waals surface area contributed by atoms with Crippen LogP contribution in [0.4, 0.5) is 32.0 Å². The van der Waals surface area contributed by atoms with E-state index in [1.165, 1.54) is 0 Å². The molecule has 1 N–H and O–H groups in total. The first-order valence-corrected chi connectivity index (χ1v) is 8.13. The van der Waals surface area contributed by atoms with Gasteiger partial charge in [-0.15, -0.1) is 0 Å². The van der Waals surface area contributed by atoms with E-state index in [-0.39, 0.29) is 12.0 Å². The van der Waals surface area contributed by atoms with Crippen molar-refractivity contribution in [2.45, 2.75) is 38.5 Å². The van der Waals surface area contributed by atoms with E-state index >= 15 is 0 Å². The molecule has 0 heterocycles. The minimum Gasteiger partial charge on any atom is -0.322 e. The summed E-state index contributed by atoms with van der Waals surface area (Å²) in [4.78, 5) is 12.4. The van der Waals surface area contributed by atoms with Gasteiger partial charge in [-0.2, -0.15) is 26.3 Å². The summed E-state index contributed by atoms with van der Waals surface area (Å²) in [6, 6.07) is 7.48. The molecule has 0 fully saturated rings. The van der Waals surface area contributed by atoms with Gasteiger partial charge in [-0.05, 0) is 42.2 Å². The molecule has 0 aliphatic rings. The van der Waals surface area contributed by atoms with Gasteiger partial charge < -0.3 is 5.32 Å². The molecule has 0 aliphatic heterocycles. The maximum Gasteiger partial charge on any atom is 0.416 e. The normalized spacial score (nSPS) is 13.3. The summed E-state index contributed by atoms with van der Waals surface area (Å²) >= 11 is 0. The van der Waals surface area contributed by atoms with Gasteiger partial charge in [0.25, 0.3) is 5.91 Å². The predicted molar refractivity (Wildman–Crippen MR) is 89.5 cm³/mol. The molecule has 0 bridgehead atoms. The highest BCUT2D eigenvalue weighted by atomic mass is 19.4. The van der Waals surface area contributed by atoms with E-state index in [0.29, 0.717) is 17.8 Å². The summed E-state index contributed by atoms with van der Waals surface area (Å²) in [5, 5.41) is 2.43. The second kappa shape index (κ2) is 7.62. The molecule has 0 aliphatic carbocycles. The molecule has 1 atom stereocenters. The summed E-state index contributed by atoms with van der Waals surface area (Å²) < 4.78 is 77.7. The lowest BCUT2D eigenvalue weighted by Crippen LogP contribution is -2.18. The molecule has 0 saturated carbocycles. The number of halogens is 6. The van der Waals surface area contributed by atoms with Gasteiger partial charge in [0, 0.05) is 11.3 Å². The van der Waals surface area contributed by atoms with E-state index in [9.17, 15) is 31.1 Å². The van der Waals surface area contributed by atoms with Crippen LogP contribution in [0.15, 0.2) is 42.5 Å². The van der Waals surface area contributed by atoms with Crippen molar-refractivity contribution in [2.24, 2.45) is 0 Å². The third kappa shape index (κ3) is 5.02. The van der Waals surface area contributed by atoms with Crippen molar-refractivity contribution in [3.8, 4) is 0 Å². The minimum absolute atomic E-state index is 0.0100. The molecular weight excluding hydrogens is 372 g/mol. The van der Waals surface area contributed by atoms with Crippen molar-refractivity contribution < 1.29 is 31.1 Å². The molecule has 1 unspecified atom stereocenters. The first-order valence-electron chi connectivity index (χ1n) is 8.13. The summed E-state index contributed by atoms with van der Waals surface area (Å²) in [6.07, 6.45) is -9.27. The topological polar surface area (TPSA) is 29.1 Å². The zero-order chi connectivity index (χ0) is 20.4. The highest BCUT2D eigenvalue weighted by Gasteiger charge is 2.37. The summed E-state index contributed by atoms with van der Waals surface area (Å²) in [5.41, 5.74) is -2.68. The van der Waals surface area contributed by atoms with E-state index in [4.69, 9.17) is 0 Å². The Morgan fingerprint density at radius 1 is 0.963 bits per heavy atom. The van der Waals surface area contributed by atoms with Crippen molar-refractivity contribution in [1.29, 1.82) is 0 Å². The van der Waals surface area contributed by atoms with Crippen molar-refractivity contribution in [1.82, 2.24) is 0 Å². The Balaban J connectivity index is 2.45. The van der Waals surface area contributed by atoms with Gasteiger partial charge in [-0.3, -0.25) is 4.79 Å². The van der Waals surface area contributed by atoms with Crippen molar-refractivity contribution in [3.63, 3.8) is 0 Å². The smallest absolute Gasteiger partial charge is 0.322 e. The lowest BCUT2D eigenvalue weighted by molar-refractivity contribution is -0.143. The van der Waals surface area contributed by atoms with Gasteiger partial charge >= 0.3 is 12.4 Å². The molecule has 2 aromatic rings. The van der Waals surface area contributed by atoms with Gasteiger partial charge in [0.05, 0.1) is 11.1 Å². The quantitative estimate of drug-likeness (QED) is 0.595. The molecule has 1 amide bonds. The number of carbonyl (C=O) groups is 1. The van der Waals surface area contributed by atoms with Crippen LogP contribution in [0.1, 0.15) is 53.2 Å². The number of hydrogen-bond acceptors (Lipinski definition) is 1. The number of alkyl halides is 6. The van der Waals surface area contributed by atoms with Gasteiger partial charge in [-0.25, -0.2) is 0 Å². The monoisotopic (exact) mass is 389 g/mol. The van der Waals surface area contributed by atoms with Crippen molar-refractivity contribution >= 4 is 11.6 Å². The van der Waals surface area contributed by atoms with Crippen LogP contribution in [0.5, 0.6) is 0 Å². The molecule has 0 saturated heterocycles. The third-order valence-corrected chi connectivity index (χ3v) is 4.20. The molecule has 0 aromatic heterocycles. The lowest BCUT2D eigenvalue weighted by Gasteiger charge is -2.17. The average molecular weight is 389 g/mol. The fraction of sp³-hybridized carbons (Fsp3) is 0.316. The number of para-hydroxylation sites is 1. The third-order valence-electron chi connectivity index (χ3n) is 4.20. The molecule has 2 rings (SSSR count). The number of anilines is 1. The Bertz CT molecular complexity index is 793. The van der Waals surface area contributed by atoms with Crippen LogP contribution in [0.3, 0.4) is 0 Å². The molecule has 2 aromatic carbocycles. The Hall–Kier alpha value is -2.51. The number of nitrogens with one attached hydrogen (secondary N) is 1. The summed E-state index contributed by atoms with van der Waals surface area (Å²) in [5.74, 6) is -0.990. The number of benzene rings is 2. The lowest BCUT2D eigenvalue weighted by atomic mass is 9.96. The van der Waals surface area contributed by atoms with E-state index in [1.54, 1.807) is 24.3 Å². The van der Waals surface area contributed by atoms with Crippen LogP contribution < -0.4 is 5.32 Å². The van der Waals surface area contributed by atoms with Crippen LogP contribution in [0.2, 0.25) is 0 Å². The zero-order valence-corrected chi connectivity index (χ0v) is 14.5. The van der Waals surface area contributed by atoms with Gasteiger partial charge in [0.2, 0.25) is 0 Å². The van der Waals surface area contributed by atoms with Gasteiger partial charge in [-0.1, -0.05) is 32.0 Å². The second-order valence-electron chi connectivity index (χ2n) is 6.15. The van der Waals surface area contributed by atoms with Crippen LogP contribution in [-0.2, 0) is 12.4 Å². The molecular formula is C19H17F6NO. The van der Waals surface area contributed by atoms with E-state index in [1.807, 2.05) is 13.8 Å². The molecule has 8 heteroatoms. The largest absolute Gasteiger partial charge is 0.416 e. The first-order chi connectivity index (χ1) is 12.4. The second-order valence-corrected chi connectivity index (χ2v) is 6.15. The Labute approximate surface area is 152 Å². The zero-order valence-electron chi connectivity index (χ0n) is 14.5. The van der Waals surface area contributed by atoms with Gasteiger partial charge in [0.15, 0.2) is 0 Å². The Morgan fingerprint density at radius 2 is 1.48 bits per heavy atom. The summed E-state index contributed by atoms with van der Waals surface area (Å²) in [6.45, 7) is 3.82. The van der Waals surface area contributed by atoms with Crippen LogP contribution in [0, 0.1) is 0 Å². The van der Waals surface area contributed by atoms with Crippen molar-refractivity contribution in [2.75, 3.05) is 5.32 Å². The fourth-order valence-corrected chi connectivity index (χ4v) is 2.54. The average Bonchev–Trinajstić information content (AvgIpc) is 2.59. The highest BCUT2D eigenvalue weighted by Crippen LogP contribution is 2.36. The summed E-state index contributed by atoms with van der Waals surface area (Å²) in [7, 11) is 0. The van der Waals surface area contributed by atoms with E-state index in [0.717, 1.165) is 12.0 Å². The van der Waals surface area contributed by atoms with Crippen LogP contribution in [-0.4, -0.2) is 5.91 Å². The maximum atomic E-state index is 12.9. The highest BCUT2D eigenvalue weighted by molar-refractivity contribution is 6.05. The molecule has 0 radical (unpaired) electrons. The van der Waals surface area contributed by atoms with Crippen LogP contribution >= 0.6 is 0 Å². The molecule has 0 spiro atoms. The van der Waals surface area contributed by atoms with Crippen LogP contribution in [0.25, 0.3) is 0 Å². The number of hydrogen-bond donors (Lipinski definition) is 1. The fourth-order valence-electron chi connectivity index (χ4n) is 2.54. The number of carbonyl (C=O) groups excluding carboxylic acids is 1. The molecule has 2 nitrogen and oxygen atoms in total. The van der Waals surface area contributed by atoms with Gasteiger partial charge in [0.1, 0.15) is 0 Å². The number of rotatable bonds is 4. The Morgan fingerprint density at radius 3 is 1.96 bits per heavy atom. The molecule has 146 valence electrons. The SMILES string of the molecule is CCC(C)c1ccccc1NC(=O)c1cc(C(F)(F)F)cc(C(F)(F)F)c1. The van der Waals surface area contributed by atoms with E-state index < -0.39 is 35.0 Å². The standard InChI is InChI=1S/C19H17F6NO/c1-3-11(2)15-6-4-5-7-16(15)26-17(27)12-8-13(18(20,21)22)10-14(9-12)19(23,24)25/h4-11H,3H2,1-2H3,(H,26,27). The molecule has 27 heavy (non-hydrogen) atoms. The van der Waals surface area contributed by atoms with E-state index in [2.05, 4.69) is 5.32 Å². The number of amides is 1. The predicted octanol–water partition coefficient (Wildman–Crippen LogP) is 6.49.